The first-order chi connectivity index (χ1) is 9.68. The summed E-state index contributed by atoms with van der Waals surface area (Å²) in [7, 11) is 0. The van der Waals surface area contributed by atoms with Gasteiger partial charge in [-0.2, -0.15) is 13.2 Å². The topological polar surface area (TPSA) is 65.2 Å². The number of hydrogen-bond acceptors (Lipinski definition) is 3. The SMILES string of the molecule is CC1CN(C(=O)c2ccc(C(F)(F)F)[nH]c2=O)CC(C)N1.Cl. The van der Waals surface area contributed by atoms with Crippen LogP contribution in [-0.2, 0) is 6.18 Å². The number of nitrogens with one attached hydrogen (secondary N) is 2. The van der Waals surface area contributed by atoms with Crippen LogP contribution < -0.4 is 10.9 Å². The van der Waals surface area contributed by atoms with E-state index in [1.54, 1.807) is 4.98 Å². The Balaban J connectivity index is 0.00000242. The number of pyridine rings is 1. The third kappa shape index (κ3) is 4.01. The van der Waals surface area contributed by atoms with Crippen LogP contribution in [0.25, 0.3) is 0 Å². The number of H-pyrrole nitrogens is 1. The van der Waals surface area contributed by atoms with Crippen LogP contribution in [0.1, 0.15) is 29.9 Å². The molecule has 9 heteroatoms. The summed E-state index contributed by atoms with van der Waals surface area (Å²) >= 11 is 0. The third-order valence-electron chi connectivity index (χ3n) is 3.29. The van der Waals surface area contributed by atoms with Crippen molar-refractivity contribution in [1.29, 1.82) is 0 Å². The molecular weight excluding hydrogens is 323 g/mol. The van der Waals surface area contributed by atoms with E-state index < -0.39 is 23.3 Å². The summed E-state index contributed by atoms with van der Waals surface area (Å²) in [5, 5.41) is 3.23. The van der Waals surface area contributed by atoms with E-state index in [0.29, 0.717) is 19.2 Å². The summed E-state index contributed by atoms with van der Waals surface area (Å²) in [6, 6.07) is 1.77. The van der Waals surface area contributed by atoms with Crippen LogP contribution in [0.15, 0.2) is 16.9 Å². The van der Waals surface area contributed by atoms with Gasteiger partial charge in [0.15, 0.2) is 0 Å². The van der Waals surface area contributed by atoms with Gasteiger partial charge in [-0.05, 0) is 26.0 Å². The predicted molar refractivity (Wildman–Crippen MR) is 77.3 cm³/mol. The minimum atomic E-state index is -4.64. The van der Waals surface area contributed by atoms with E-state index in [0.717, 1.165) is 6.07 Å². The number of hydrogen-bond donors (Lipinski definition) is 2. The van der Waals surface area contributed by atoms with E-state index in [-0.39, 0.29) is 30.1 Å². The van der Waals surface area contributed by atoms with Crippen LogP contribution in [-0.4, -0.2) is 41.0 Å². The summed E-state index contributed by atoms with van der Waals surface area (Å²) < 4.78 is 37.5. The van der Waals surface area contributed by atoms with Gasteiger partial charge in [0, 0.05) is 25.2 Å². The zero-order chi connectivity index (χ0) is 15.8. The highest BCUT2D eigenvalue weighted by Crippen LogP contribution is 2.26. The molecule has 2 atom stereocenters. The molecule has 124 valence electrons. The monoisotopic (exact) mass is 339 g/mol. The van der Waals surface area contributed by atoms with Crippen molar-refractivity contribution in [2.24, 2.45) is 0 Å². The maximum absolute atomic E-state index is 12.5. The summed E-state index contributed by atoms with van der Waals surface area (Å²) in [6.45, 7) is 4.60. The first kappa shape index (κ1) is 18.5. The molecule has 1 aromatic heterocycles. The van der Waals surface area contributed by atoms with E-state index in [4.69, 9.17) is 0 Å². The highest BCUT2D eigenvalue weighted by Gasteiger charge is 2.33. The molecule has 22 heavy (non-hydrogen) atoms. The number of aromatic amines is 1. The van der Waals surface area contributed by atoms with E-state index in [1.165, 1.54) is 4.90 Å². The molecule has 1 saturated heterocycles. The number of carbonyl (C=O) groups excluding carboxylic acids is 1. The summed E-state index contributed by atoms with van der Waals surface area (Å²) in [5.41, 5.74) is -2.45. The Morgan fingerprint density at radius 1 is 1.23 bits per heavy atom. The van der Waals surface area contributed by atoms with Gasteiger partial charge in [-0.25, -0.2) is 0 Å². The van der Waals surface area contributed by atoms with E-state index in [1.807, 2.05) is 13.8 Å². The van der Waals surface area contributed by atoms with Crippen LogP contribution >= 0.6 is 12.4 Å². The van der Waals surface area contributed by atoms with Crippen LogP contribution in [0.4, 0.5) is 13.2 Å². The molecule has 5 nitrogen and oxygen atoms in total. The predicted octanol–water partition coefficient (Wildman–Crippen LogP) is 1.64. The number of amides is 1. The Bertz CT molecular complexity index is 593. The lowest BCUT2D eigenvalue weighted by molar-refractivity contribution is -0.141. The third-order valence-corrected chi connectivity index (χ3v) is 3.29. The van der Waals surface area contributed by atoms with Crippen LogP contribution in [0.5, 0.6) is 0 Å². The normalized spacial score (nSPS) is 22.1. The molecule has 0 aromatic carbocycles. The van der Waals surface area contributed by atoms with Crippen molar-refractivity contribution in [2.45, 2.75) is 32.1 Å². The average Bonchev–Trinajstić information content (AvgIpc) is 2.35. The maximum atomic E-state index is 12.5. The molecule has 2 heterocycles. The Morgan fingerprint density at radius 2 is 1.77 bits per heavy atom. The lowest BCUT2D eigenvalue weighted by atomic mass is 10.1. The second-order valence-electron chi connectivity index (χ2n) is 5.29. The minimum Gasteiger partial charge on any atom is -0.335 e. The molecule has 0 spiro atoms. The molecule has 1 fully saturated rings. The van der Waals surface area contributed by atoms with Gasteiger partial charge >= 0.3 is 6.18 Å². The van der Waals surface area contributed by atoms with E-state index in [9.17, 15) is 22.8 Å². The largest absolute Gasteiger partial charge is 0.431 e. The number of aromatic nitrogens is 1. The van der Waals surface area contributed by atoms with Gasteiger partial charge in [0.2, 0.25) is 0 Å². The van der Waals surface area contributed by atoms with Gasteiger partial charge in [-0.3, -0.25) is 9.59 Å². The second kappa shape index (κ2) is 6.70. The highest BCUT2D eigenvalue weighted by molar-refractivity contribution is 5.94. The summed E-state index contributed by atoms with van der Waals surface area (Å²) in [5.74, 6) is -0.551. The molecule has 0 aliphatic carbocycles. The van der Waals surface area contributed by atoms with Crippen molar-refractivity contribution >= 4 is 18.3 Å². The fourth-order valence-electron chi connectivity index (χ4n) is 2.47. The van der Waals surface area contributed by atoms with Gasteiger partial charge in [0.1, 0.15) is 11.3 Å². The standard InChI is InChI=1S/C13H16F3N3O2.ClH/c1-7-5-19(6-8(2)17-7)12(21)9-3-4-10(13(14,15)16)18-11(9)20;/h3-4,7-8,17H,5-6H2,1-2H3,(H,18,20);1H. The number of nitrogens with zero attached hydrogens (tertiary/aromatic N) is 1. The first-order valence-corrected chi connectivity index (χ1v) is 6.54. The van der Waals surface area contributed by atoms with Crippen LogP contribution in [0, 0.1) is 0 Å². The number of carbonyl (C=O) groups is 1. The van der Waals surface area contributed by atoms with Crippen molar-refractivity contribution < 1.29 is 18.0 Å². The molecule has 1 amide bonds. The Kier molecular flexibility index (Phi) is 5.64. The van der Waals surface area contributed by atoms with Crippen molar-refractivity contribution in [1.82, 2.24) is 15.2 Å². The highest BCUT2D eigenvalue weighted by atomic mass is 35.5. The molecule has 1 aromatic rings. The van der Waals surface area contributed by atoms with Crippen molar-refractivity contribution in [3.8, 4) is 0 Å². The Labute approximate surface area is 131 Å². The van der Waals surface area contributed by atoms with Gasteiger partial charge in [0.25, 0.3) is 11.5 Å². The lowest BCUT2D eigenvalue weighted by Crippen LogP contribution is -2.56. The van der Waals surface area contributed by atoms with Gasteiger partial charge in [0.05, 0.1) is 0 Å². The molecular formula is C13H17ClF3N3O2. The van der Waals surface area contributed by atoms with E-state index in [2.05, 4.69) is 5.32 Å². The molecule has 0 bridgehead atoms. The maximum Gasteiger partial charge on any atom is 0.431 e. The molecule has 2 N–H and O–H groups in total. The molecule has 0 radical (unpaired) electrons. The van der Waals surface area contributed by atoms with Gasteiger partial charge < -0.3 is 15.2 Å². The van der Waals surface area contributed by atoms with Crippen molar-refractivity contribution in [3.63, 3.8) is 0 Å². The van der Waals surface area contributed by atoms with Crippen molar-refractivity contribution in [2.75, 3.05) is 13.1 Å². The molecule has 2 rings (SSSR count). The zero-order valence-electron chi connectivity index (χ0n) is 12.0. The zero-order valence-corrected chi connectivity index (χ0v) is 12.8. The van der Waals surface area contributed by atoms with E-state index >= 15 is 0 Å². The molecule has 0 saturated carbocycles. The summed E-state index contributed by atoms with van der Waals surface area (Å²) in [6.07, 6.45) is -4.64. The van der Waals surface area contributed by atoms with Gasteiger partial charge in [-0.15, -0.1) is 12.4 Å². The number of alkyl halides is 3. The minimum absolute atomic E-state index is 0. The first-order valence-electron chi connectivity index (χ1n) is 6.54. The van der Waals surface area contributed by atoms with Crippen LogP contribution in [0.3, 0.4) is 0 Å². The average molecular weight is 340 g/mol. The molecule has 2 unspecified atom stereocenters. The van der Waals surface area contributed by atoms with Crippen molar-refractivity contribution in [3.05, 3.63) is 33.7 Å². The number of piperazine rings is 1. The Hall–Kier alpha value is -1.54. The number of rotatable bonds is 1. The summed E-state index contributed by atoms with van der Waals surface area (Å²) in [4.78, 5) is 27.2. The number of halogens is 4. The lowest BCUT2D eigenvalue weighted by Gasteiger charge is -2.36. The van der Waals surface area contributed by atoms with Gasteiger partial charge in [-0.1, -0.05) is 0 Å². The fraction of sp³-hybridized carbons (Fsp3) is 0.538. The Morgan fingerprint density at radius 3 is 2.23 bits per heavy atom. The molecule has 1 aliphatic rings. The second-order valence-corrected chi connectivity index (χ2v) is 5.29. The smallest absolute Gasteiger partial charge is 0.335 e. The van der Waals surface area contributed by atoms with Crippen LogP contribution in [0.2, 0.25) is 0 Å². The fourth-order valence-corrected chi connectivity index (χ4v) is 2.47. The molecule has 1 aliphatic heterocycles. The quantitative estimate of drug-likeness (QED) is 0.817.